The third-order valence-corrected chi connectivity index (χ3v) is 9.08. The molecule has 2 aromatic carbocycles. The predicted molar refractivity (Wildman–Crippen MR) is 145 cm³/mol. The van der Waals surface area contributed by atoms with Gasteiger partial charge >= 0.3 is 6.18 Å². The molecule has 212 valence electrons. The van der Waals surface area contributed by atoms with Crippen molar-refractivity contribution in [3.8, 4) is 11.3 Å². The van der Waals surface area contributed by atoms with Crippen LogP contribution in [0.3, 0.4) is 0 Å². The van der Waals surface area contributed by atoms with E-state index in [2.05, 4.69) is 53.2 Å². The van der Waals surface area contributed by atoms with Crippen molar-refractivity contribution in [2.45, 2.75) is 43.9 Å². The Morgan fingerprint density at radius 3 is 2.65 bits per heavy atom. The Balaban J connectivity index is 1.03. The number of oxazole rings is 1. The number of rotatable bonds is 5. The van der Waals surface area contributed by atoms with Crippen LogP contribution in [0.1, 0.15) is 42.9 Å². The van der Waals surface area contributed by atoms with Gasteiger partial charge in [-0.1, -0.05) is 43.3 Å². The maximum Gasteiger partial charge on any atom is 0.416 e. The standard InChI is InChI=1S/C31H33F4N3O2/c1-20-18-37(13-10-30(20)9-6-21-4-2-3-5-26(21)30)19-27(39)22-7-11-38(12-8-22)29-36-17-28(40-29)23-14-24(31(33,34)35)16-25(32)15-23/h2-6,9,14-17,20,22,27,39H,7-8,10-13,18-19H2,1H3. The minimum atomic E-state index is -4.66. The van der Waals surface area contributed by atoms with E-state index in [1.54, 1.807) is 0 Å². The van der Waals surface area contributed by atoms with Gasteiger partial charge in [0, 0.05) is 37.2 Å². The second-order valence-corrected chi connectivity index (χ2v) is 11.5. The number of piperidine rings is 2. The Kier molecular flexibility index (Phi) is 6.99. The van der Waals surface area contributed by atoms with Crippen LogP contribution in [0.4, 0.5) is 23.6 Å². The van der Waals surface area contributed by atoms with Crippen molar-refractivity contribution >= 4 is 12.1 Å². The predicted octanol–water partition coefficient (Wildman–Crippen LogP) is 6.38. The molecule has 3 aliphatic rings. The van der Waals surface area contributed by atoms with Crippen LogP contribution in [0.25, 0.3) is 17.4 Å². The van der Waals surface area contributed by atoms with E-state index in [9.17, 15) is 22.7 Å². The zero-order valence-electron chi connectivity index (χ0n) is 22.4. The molecule has 1 N–H and O–H groups in total. The summed E-state index contributed by atoms with van der Waals surface area (Å²) in [7, 11) is 0. The number of likely N-dealkylation sites (tertiary alicyclic amines) is 1. The highest BCUT2D eigenvalue weighted by Crippen LogP contribution is 2.47. The van der Waals surface area contributed by atoms with Gasteiger partial charge in [-0.3, -0.25) is 0 Å². The molecular weight excluding hydrogens is 522 g/mol. The van der Waals surface area contributed by atoms with Gasteiger partial charge < -0.3 is 19.3 Å². The zero-order chi connectivity index (χ0) is 28.1. The number of aliphatic hydroxyl groups is 1. The zero-order valence-corrected chi connectivity index (χ0v) is 22.4. The summed E-state index contributed by atoms with van der Waals surface area (Å²) in [5, 5.41) is 11.1. The van der Waals surface area contributed by atoms with Crippen molar-refractivity contribution in [3.05, 3.63) is 77.2 Å². The molecule has 5 nitrogen and oxygen atoms in total. The summed E-state index contributed by atoms with van der Waals surface area (Å²) in [4.78, 5) is 8.55. The third-order valence-electron chi connectivity index (χ3n) is 9.08. The number of aliphatic hydroxyl groups excluding tert-OH is 1. The van der Waals surface area contributed by atoms with Gasteiger partial charge in [-0.2, -0.15) is 13.2 Å². The molecule has 0 saturated carbocycles. The molecular formula is C31H33F4N3O2. The maximum atomic E-state index is 13.8. The molecule has 3 heterocycles. The third kappa shape index (κ3) is 5.05. The first-order valence-corrected chi connectivity index (χ1v) is 13.9. The molecule has 0 bridgehead atoms. The molecule has 3 unspecified atom stereocenters. The van der Waals surface area contributed by atoms with Crippen molar-refractivity contribution in [2.75, 3.05) is 37.6 Å². The van der Waals surface area contributed by atoms with Crippen molar-refractivity contribution in [3.63, 3.8) is 0 Å². The van der Waals surface area contributed by atoms with Gasteiger partial charge in [-0.25, -0.2) is 9.37 Å². The van der Waals surface area contributed by atoms with E-state index in [1.807, 2.05) is 4.90 Å². The summed E-state index contributed by atoms with van der Waals surface area (Å²) in [6.07, 6.45) is 3.39. The van der Waals surface area contributed by atoms with Crippen LogP contribution < -0.4 is 4.90 Å². The summed E-state index contributed by atoms with van der Waals surface area (Å²) in [5.74, 6) is -0.319. The minimum absolute atomic E-state index is 0.00879. The van der Waals surface area contributed by atoms with E-state index >= 15 is 0 Å². The number of fused-ring (bicyclic) bond motifs is 2. The molecule has 1 spiro atoms. The highest BCUT2D eigenvalue weighted by Gasteiger charge is 2.43. The average molecular weight is 556 g/mol. The molecule has 1 aromatic heterocycles. The number of halogens is 4. The van der Waals surface area contributed by atoms with E-state index in [0.29, 0.717) is 37.6 Å². The number of alkyl halides is 3. The molecule has 2 fully saturated rings. The van der Waals surface area contributed by atoms with Crippen LogP contribution in [0.2, 0.25) is 0 Å². The van der Waals surface area contributed by atoms with Crippen molar-refractivity contribution in [2.24, 2.45) is 11.8 Å². The second-order valence-electron chi connectivity index (χ2n) is 11.5. The van der Waals surface area contributed by atoms with Crippen molar-refractivity contribution in [1.82, 2.24) is 9.88 Å². The van der Waals surface area contributed by atoms with Gasteiger partial charge in [0.1, 0.15) is 5.82 Å². The Bertz CT molecular complexity index is 1400. The molecule has 0 amide bonds. The molecule has 2 aliphatic heterocycles. The molecule has 9 heteroatoms. The van der Waals surface area contributed by atoms with E-state index in [-0.39, 0.29) is 22.7 Å². The smallest absolute Gasteiger partial charge is 0.416 e. The SMILES string of the molecule is CC1CN(CC(O)C2CCN(c3ncc(-c4cc(F)cc(C(F)(F)F)c4)o3)CC2)CCC12C=Cc1ccccc12. The molecule has 6 rings (SSSR count). The Hall–Kier alpha value is -3.17. The summed E-state index contributed by atoms with van der Waals surface area (Å²) in [6.45, 7) is 6.04. The Labute approximate surface area is 231 Å². The lowest BCUT2D eigenvalue weighted by atomic mass is 9.68. The van der Waals surface area contributed by atoms with E-state index in [0.717, 1.165) is 44.5 Å². The number of hydrogen-bond acceptors (Lipinski definition) is 5. The van der Waals surface area contributed by atoms with Gasteiger partial charge in [0.2, 0.25) is 0 Å². The molecule has 3 aromatic rings. The van der Waals surface area contributed by atoms with Gasteiger partial charge in [0.15, 0.2) is 5.76 Å². The minimum Gasteiger partial charge on any atom is -0.423 e. The highest BCUT2D eigenvalue weighted by molar-refractivity contribution is 5.65. The van der Waals surface area contributed by atoms with E-state index < -0.39 is 23.7 Å². The quantitative estimate of drug-likeness (QED) is 0.370. The summed E-state index contributed by atoms with van der Waals surface area (Å²) in [6, 6.07) is 11.3. The van der Waals surface area contributed by atoms with Crippen molar-refractivity contribution in [1.29, 1.82) is 0 Å². The fraction of sp³-hybridized carbons (Fsp3) is 0.452. The largest absolute Gasteiger partial charge is 0.423 e. The number of anilines is 1. The van der Waals surface area contributed by atoms with Crippen LogP contribution >= 0.6 is 0 Å². The topological polar surface area (TPSA) is 52.7 Å². The fourth-order valence-electron chi connectivity index (χ4n) is 6.77. The molecule has 1 aliphatic carbocycles. The Morgan fingerprint density at radius 1 is 1.12 bits per heavy atom. The van der Waals surface area contributed by atoms with Crippen LogP contribution in [-0.2, 0) is 11.6 Å². The fourth-order valence-corrected chi connectivity index (χ4v) is 6.77. The average Bonchev–Trinajstić information content (AvgIpc) is 3.57. The van der Waals surface area contributed by atoms with Crippen LogP contribution in [0, 0.1) is 17.7 Å². The monoisotopic (exact) mass is 555 g/mol. The number of benzene rings is 2. The number of β-amino-alcohol motifs (C(OH)–C–C–N with tert-alkyl or cyclic N) is 1. The van der Waals surface area contributed by atoms with Gasteiger partial charge in [0.25, 0.3) is 6.01 Å². The molecule has 2 saturated heterocycles. The first kappa shape index (κ1) is 27.0. The molecule has 3 atom stereocenters. The number of hydrogen-bond donors (Lipinski definition) is 1. The summed E-state index contributed by atoms with van der Waals surface area (Å²) in [5.41, 5.74) is 1.74. The highest BCUT2D eigenvalue weighted by atomic mass is 19.4. The van der Waals surface area contributed by atoms with Crippen LogP contribution in [0.5, 0.6) is 0 Å². The lowest BCUT2D eigenvalue weighted by molar-refractivity contribution is -0.137. The number of aromatic nitrogens is 1. The number of nitrogens with zero attached hydrogens (tertiary/aromatic N) is 3. The lowest BCUT2D eigenvalue weighted by Crippen LogP contribution is -2.50. The van der Waals surface area contributed by atoms with Crippen LogP contribution in [0.15, 0.2) is 59.2 Å². The Morgan fingerprint density at radius 2 is 1.90 bits per heavy atom. The lowest BCUT2D eigenvalue weighted by Gasteiger charge is -2.45. The molecule has 0 radical (unpaired) electrons. The number of allylic oxidation sites excluding steroid dienone is 1. The normalized spacial score (nSPS) is 24.6. The second kappa shape index (κ2) is 10.3. The van der Waals surface area contributed by atoms with E-state index in [1.165, 1.54) is 17.3 Å². The van der Waals surface area contributed by atoms with E-state index in [4.69, 9.17) is 4.42 Å². The first-order chi connectivity index (χ1) is 19.1. The summed E-state index contributed by atoms with van der Waals surface area (Å²) < 4.78 is 58.9. The first-order valence-electron chi connectivity index (χ1n) is 13.9. The van der Waals surface area contributed by atoms with Gasteiger partial charge in [-0.05, 0) is 67.0 Å². The van der Waals surface area contributed by atoms with Gasteiger partial charge in [0.05, 0.1) is 17.9 Å². The maximum absolute atomic E-state index is 13.8. The summed E-state index contributed by atoms with van der Waals surface area (Å²) >= 11 is 0. The molecule has 40 heavy (non-hydrogen) atoms. The van der Waals surface area contributed by atoms with Crippen molar-refractivity contribution < 1.29 is 27.1 Å². The van der Waals surface area contributed by atoms with Crippen LogP contribution in [-0.4, -0.2) is 53.8 Å². The van der Waals surface area contributed by atoms with Gasteiger partial charge in [-0.15, -0.1) is 0 Å².